The molecule has 87 heavy (non-hydrogen) atoms. The molecule has 0 saturated carbocycles. The molecule has 0 fully saturated rings. The molecule has 0 bridgehead atoms. The van der Waals surface area contributed by atoms with Crippen LogP contribution in [0.2, 0.25) is 0 Å². The molecule has 3 radical (unpaired) electrons. The zero-order valence-corrected chi connectivity index (χ0v) is 56.1. The molecule has 4 heterocycles. The summed E-state index contributed by atoms with van der Waals surface area (Å²) < 4.78 is 0. The molecule has 9 aromatic carbocycles. The van der Waals surface area contributed by atoms with Crippen molar-refractivity contribution in [1.29, 1.82) is 0 Å². The molecule has 13 rings (SSSR count). The van der Waals surface area contributed by atoms with Gasteiger partial charge in [0.2, 0.25) is 0 Å². The standard InChI is InChI=1S/2C19H16N.C19H14.C12H10N.C11H8N.3Ir/c2*1-2-15-13-19(17-11-7-4-8-12-17)20-14-18(15)16-9-5-3-6-10-16;1-15-7-5-6-10-19(15)18-13-11-17(12-14-18)16-8-3-2-4-9-16;1-10-6-5-9-12(13-10)11-7-3-2-4-8-11;1-2-6-10(7-3-1)11-8-4-5-9-12-11;;;/h2*3-11,13-14H,2H2,1H3;2-8,10-11,13-14H,1H3;2-7,9H,1H3;1-6,8-9H;;;/q2*-1;-2;2*-1;;;. The Balaban J connectivity index is 0.000000175. The maximum atomic E-state index is 4.60. The van der Waals surface area contributed by atoms with E-state index in [0.29, 0.717) is 0 Å². The van der Waals surface area contributed by atoms with Gasteiger partial charge in [-0.15, -0.1) is 167 Å². The van der Waals surface area contributed by atoms with Gasteiger partial charge in [0.1, 0.15) is 0 Å². The largest absolute Gasteiger partial charge is 0.305 e. The minimum absolute atomic E-state index is 0. The Hall–Kier alpha value is -8.47. The van der Waals surface area contributed by atoms with E-state index in [1.54, 1.807) is 6.20 Å². The molecular formula is C80H64Ir3N4-6. The zero-order chi connectivity index (χ0) is 58.0. The summed E-state index contributed by atoms with van der Waals surface area (Å²) in [5.74, 6) is 0. The van der Waals surface area contributed by atoms with Crippen molar-refractivity contribution < 1.29 is 60.3 Å². The van der Waals surface area contributed by atoms with Gasteiger partial charge in [-0.25, -0.2) is 11.1 Å². The minimum Gasteiger partial charge on any atom is -0.305 e. The Labute approximate surface area is 556 Å². The first kappa shape index (κ1) is 67.7. The Kier molecular flexibility index (Phi) is 28.4. The second kappa shape index (κ2) is 36.5. The third kappa shape index (κ3) is 20.0. The number of nitrogens with zero attached hydrogens (tertiary/aromatic N) is 4. The molecule has 0 aliphatic rings. The van der Waals surface area contributed by atoms with Crippen LogP contribution in [-0.4, -0.2) is 19.9 Å². The average molecular weight is 1660 g/mol. The summed E-state index contributed by atoms with van der Waals surface area (Å²) in [6.45, 7) is 8.49. The zero-order valence-electron chi connectivity index (χ0n) is 48.9. The third-order valence-corrected chi connectivity index (χ3v) is 13.7. The Morgan fingerprint density at radius 1 is 0.310 bits per heavy atom. The van der Waals surface area contributed by atoms with E-state index < -0.39 is 0 Å². The molecule has 4 nitrogen and oxygen atoms in total. The molecule has 0 amide bonds. The van der Waals surface area contributed by atoms with Crippen LogP contribution in [-0.2, 0) is 73.2 Å². The third-order valence-electron chi connectivity index (χ3n) is 13.7. The van der Waals surface area contributed by atoms with E-state index in [1.165, 1.54) is 50.1 Å². The molecule has 0 unspecified atom stereocenters. The van der Waals surface area contributed by atoms with E-state index in [2.05, 4.69) is 186 Å². The van der Waals surface area contributed by atoms with Gasteiger partial charge in [0, 0.05) is 95.7 Å². The van der Waals surface area contributed by atoms with Crippen LogP contribution in [0.4, 0.5) is 0 Å². The first-order valence-corrected chi connectivity index (χ1v) is 28.3. The van der Waals surface area contributed by atoms with E-state index in [0.717, 1.165) is 74.7 Å². The van der Waals surface area contributed by atoms with Gasteiger partial charge in [-0.1, -0.05) is 146 Å². The molecule has 0 aliphatic carbocycles. The second-order valence-electron chi connectivity index (χ2n) is 19.5. The predicted molar refractivity (Wildman–Crippen MR) is 348 cm³/mol. The first-order chi connectivity index (χ1) is 41.4. The van der Waals surface area contributed by atoms with Crippen LogP contribution < -0.4 is 0 Å². The monoisotopic (exact) mass is 1660 g/mol. The number of benzene rings is 9. The fourth-order valence-corrected chi connectivity index (χ4v) is 9.27. The van der Waals surface area contributed by atoms with Crippen LogP contribution in [0.25, 0.3) is 89.5 Å². The van der Waals surface area contributed by atoms with Crippen molar-refractivity contribution in [2.45, 2.75) is 40.5 Å². The van der Waals surface area contributed by atoms with Crippen molar-refractivity contribution in [3.63, 3.8) is 0 Å². The summed E-state index contributed by atoms with van der Waals surface area (Å²) in [5, 5.41) is 0. The van der Waals surface area contributed by atoms with Crippen LogP contribution >= 0.6 is 0 Å². The Morgan fingerprint density at radius 2 is 0.724 bits per heavy atom. The van der Waals surface area contributed by atoms with E-state index in [1.807, 2.05) is 183 Å². The maximum absolute atomic E-state index is 4.60. The molecule has 0 saturated heterocycles. The number of aromatic nitrogens is 4. The van der Waals surface area contributed by atoms with Crippen LogP contribution in [0.5, 0.6) is 0 Å². The van der Waals surface area contributed by atoms with Crippen LogP contribution in [0.15, 0.2) is 292 Å². The normalized spacial score (nSPS) is 9.89. The van der Waals surface area contributed by atoms with E-state index >= 15 is 0 Å². The Morgan fingerprint density at radius 3 is 1.14 bits per heavy atom. The molecule has 4 aromatic heterocycles. The molecule has 0 aliphatic heterocycles. The minimum atomic E-state index is 0. The van der Waals surface area contributed by atoms with Crippen molar-refractivity contribution in [1.82, 2.24) is 19.9 Å². The maximum Gasteiger partial charge on any atom is 0.0266 e. The average Bonchev–Trinajstić information content (AvgIpc) is 2.99. The summed E-state index contributed by atoms with van der Waals surface area (Å²) in [5.41, 5.74) is 22.6. The molecular weight excluding hydrogens is 1590 g/mol. The predicted octanol–water partition coefficient (Wildman–Crippen LogP) is 19.9. The van der Waals surface area contributed by atoms with Gasteiger partial charge in [0.15, 0.2) is 0 Å². The van der Waals surface area contributed by atoms with Crippen molar-refractivity contribution >= 4 is 0 Å². The number of hydrogen-bond donors (Lipinski definition) is 0. The number of pyridine rings is 4. The van der Waals surface area contributed by atoms with Gasteiger partial charge in [-0.2, -0.15) is 36.4 Å². The first-order valence-electron chi connectivity index (χ1n) is 28.3. The summed E-state index contributed by atoms with van der Waals surface area (Å²) in [7, 11) is 0. The fourth-order valence-electron chi connectivity index (χ4n) is 9.27. The number of aryl methyl sites for hydroxylation is 4. The summed E-state index contributed by atoms with van der Waals surface area (Å²) in [4.78, 5) is 17.8. The summed E-state index contributed by atoms with van der Waals surface area (Å²) in [6, 6.07) is 111. The molecule has 0 N–H and O–H groups in total. The molecule has 0 atom stereocenters. The van der Waals surface area contributed by atoms with Crippen molar-refractivity contribution in [3.8, 4) is 89.5 Å². The number of hydrogen-bond acceptors (Lipinski definition) is 4. The number of rotatable bonds is 10. The van der Waals surface area contributed by atoms with Crippen LogP contribution in [0.1, 0.15) is 36.2 Å². The van der Waals surface area contributed by atoms with E-state index in [-0.39, 0.29) is 60.3 Å². The smallest absolute Gasteiger partial charge is 0.0266 e. The van der Waals surface area contributed by atoms with Gasteiger partial charge in [0.05, 0.1) is 0 Å². The summed E-state index contributed by atoms with van der Waals surface area (Å²) in [6.07, 6.45) is 7.73. The van der Waals surface area contributed by atoms with Gasteiger partial charge in [0.25, 0.3) is 0 Å². The quantitative estimate of drug-likeness (QED) is 0.128. The molecule has 0 spiro atoms. The van der Waals surface area contributed by atoms with Gasteiger partial charge in [-0.3, -0.25) is 0 Å². The van der Waals surface area contributed by atoms with Crippen molar-refractivity contribution in [3.05, 3.63) is 350 Å². The van der Waals surface area contributed by atoms with Crippen molar-refractivity contribution in [2.75, 3.05) is 0 Å². The topological polar surface area (TPSA) is 51.6 Å². The van der Waals surface area contributed by atoms with E-state index in [4.69, 9.17) is 0 Å². The Bertz CT molecular complexity index is 3850. The SMILES string of the molecule is CCc1cc(-c2[c-]cccc2)ncc1-c1ccccc1.CCc1cc(-c2[c-]cccc2)ncc1-c1ccccc1.Cc1cccc(-c2[c-]cccc2)n1.Cc1ccccc1-c1c[c-]c(-c2[c-]cccc2)cc1.[Ir].[Ir].[Ir].[c-]1ccccc1-c1ccccn1. The molecule has 7 heteroatoms. The molecule has 437 valence electrons. The van der Waals surface area contributed by atoms with E-state index in [9.17, 15) is 0 Å². The van der Waals surface area contributed by atoms with Gasteiger partial charge >= 0.3 is 0 Å². The van der Waals surface area contributed by atoms with Crippen molar-refractivity contribution in [2.24, 2.45) is 0 Å². The second-order valence-corrected chi connectivity index (χ2v) is 19.5. The van der Waals surface area contributed by atoms with Crippen LogP contribution in [0, 0.1) is 50.2 Å². The fraction of sp³-hybridized carbons (Fsp3) is 0.0750. The van der Waals surface area contributed by atoms with Gasteiger partial charge < -0.3 is 19.9 Å². The molecule has 13 aromatic rings. The van der Waals surface area contributed by atoms with Gasteiger partial charge in [-0.05, 0) is 83.9 Å². The summed E-state index contributed by atoms with van der Waals surface area (Å²) >= 11 is 0. The van der Waals surface area contributed by atoms with Crippen LogP contribution in [0.3, 0.4) is 0 Å².